The summed E-state index contributed by atoms with van der Waals surface area (Å²) in [5, 5.41) is 21.6. The molecule has 2 aromatic rings. The Balaban J connectivity index is 1.22. The monoisotopic (exact) mass is 412 g/mol. The van der Waals surface area contributed by atoms with Gasteiger partial charge in [-0.2, -0.15) is 10.5 Å². The van der Waals surface area contributed by atoms with Crippen molar-refractivity contribution in [3.05, 3.63) is 59.3 Å². The van der Waals surface area contributed by atoms with Crippen molar-refractivity contribution in [2.75, 3.05) is 24.5 Å². The smallest absolute Gasteiger partial charge is 0.236 e. The molecule has 3 aliphatic rings. The predicted octanol–water partition coefficient (Wildman–Crippen LogP) is 2.28. The molecule has 0 spiro atoms. The molecule has 3 heterocycles. The van der Waals surface area contributed by atoms with Gasteiger partial charge in [-0.15, -0.1) is 0 Å². The first-order chi connectivity index (χ1) is 15.1. The maximum absolute atomic E-state index is 13.0. The Labute approximate surface area is 181 Å². The van der Waals surface area contributed by atoms with Crippen LogP contribution in [0.15, 0.2) is 42.6 Å². The number of hydrogen-bond acceptors (Lipinski definition) is 6. The van der Waals surface area contributed by atoms with Gasteiger partial charge in [-0.05, 0) is 55.5 Å². The van der Waals surface area contributed by atoms with Gasteiger partial charge in [-0.3, -0.25) is 10.1 Å². The zero-order chi connectivity index (χ0) is 21.4. The van der Waals surface area contributed by atoms with Crippen LogP contribution in [0.25, 0.3) is 0 Å². The maximum atomic E-state index is 13.0. The van der Waals surface area contributed by atoms with Gasteiger partial charge < -0.3 is 9.80 Å². The minimum Gasteiger partial charge on any atom is -0.347 e. The average Bonchev–Trinajstić information content (AvgIpc) is 3.57. The molecule has 1 aromatic heterocycles. The highest BCUT2D eigenvalue weighted by Gasteiger charge is 2.46. The van der Waals surface area contributed by atoms with Gasteiger partial charge in [0.1, 0.15) is 11.9 Å². The lowest BCUT2D eigenvalue weighted by molar-refractivity contribution is -0.131. The molecule has 1 N–H and O–H groups in total. The second kappa shape index (κ2) is 7.68. The molecular weight excluding hydrogens is 388 g/mol. The molecule has 1 aliphatic carbocycles. The van der Waals surface area contributed by atoms with Gasteiger partial charge in [0.15, 0.2) is 0 Å². The lowest BCUT2D eigenvalue weighted by atomic mass is 10.0. The topological polar surface area (TPSA) is 96.0 Å². The Morgan fingerprint density at radius 2 is 1.84 bits per heavy atom. The first-order valence-corrected chi connectivity index (χ1v) is 10.8. The van der Waals surface area contributed by atoms with Gasteiger partial charge in [0.05, 0.1) is 23.7 Å². The van der Waals surface area contributed by atoms with E-state index in [1.54, 1.807) is 12.3 Å². The fourth-order valence-corrected chi connectivity index (χ4v) is 5.02. The molecule has 156 valence electrons. The van der Waals surface area contributed by atoms with Crippen LogP contribution < -0.4 is 10.2 Å². The summed E-state index contributed by atoms with van der Waals surface area (Å²) in [6.07, 6.45) is 5.69. The summed E-state index contributed by atoms with van der Waals surface area (Å²) < 4.78 is 0. The Bertz CT molecular complexity index is 1060. The maximum Gasteiger partial charge on any atom is 0.236 e. The molecule has 1 saturated carbocycles. The number of benzene rings is 1. The van der Waals surface area contributed by atoms with Crippen LogP contribution in [0, 0.1) is 22.7 Å². The number of likely N-dealkylation sites (tertiary alicyclic amines) is 1. The molecule has 5 rings (SSSR count). The van der Waals surface area contributed by atoms with E-state index in [-0.39, 0.29) is 23.5 Å². The summed E-state index contributed by atoms with van der Waals surface area (Å²) in [7, 11) is 0. The second-order valence-electron chi connectivity index (χ2n) is 8.74. The van der Waals surface area contributed by atoms with Crippen molar-refractivity contribution < 1.29 is 4.79 Å². The number of piperazine rings is 1. The molecule has 2 bridgehead atoms. The first kappa shape index (κ1) is 19.5. The number of rotatable bonds is 5. The highest BCUT2D eigenvalue weighted by Crippen LogP contribution is 2.45. The fraction of sp³-hybridized carbons (Fsp3) is 0.417. The number of aromatic nitrogens is 1. The minimum atomic E-state index is -0.171. The van der Waals surface area contributed by atoms with Crippen LogP contribution in [0.2, 0.25) is 0 Å². The van der Waals surface area contributed by atoms with Crippen molar-refractivity contribution in [1.82, 2.24) is 15.2 Å². The van der Waals surface area contributed by atoms with Crippen molar-refractivity contribution in [3.63, 3.8) is 0 Å². The zero-order valence-electron chi connectivity index (χ0n) is 17.3. The summed E-state index contributed by atoms with van der Waals surface area (Å²) in [5.74, 6) is 1.03. The molecule has 1 amide bonds. The lowest BCUT2D eigenvalue weighted by Crippen LogP contribution is -2.57. The molecule has 1 aromatic carbocycles. The van der Waals surface area contributed by atoms with Crippen LogP contribution >= 0.6 is 0 Å². The number of fused-ring (bicyclic) bond motifs is 2. The van der Waals surface area contributed by atoms with Gasteiger partial charge in [0.2, 0.25) is 5.91 Å². The summed E-state index contributed by atoms with van der Waals surface area (Å²) in [5.41, 5.74) is 2.14. The third kappa shape index (κ3) is 3.62. The van der Waals surface area contributed by atoms with Crippen molar-refractivity contribution >= 4 is 11.7 Å². The fourth-order valence-electron chi connectivity index (χ4n) is 5.02. The van der Waals surface area contributed by atoms with E-state index in [4.69, 9.17) is 10.5 Å². The highest BCUT2D eigenvalue weighted by atomic mass is 16.2. The van der Waals surface area contributed by atoms with Crippen molar-refractivity contribution in [2.45, 2.75) is 43.3 Å². The Morgan fingerprint density at radius 3 is 2.45 bits per heavy atom. The van der Waals surface area contributed by atoms with Gasteiger partial charge in [-0.1, -0.05) is 12.1 Å². The number of nitrogens with one attached hydrogen (secondary N) is 1. The normalized spacial score (nSPS) is 23.2. The highest BCUT2D eigenvalue weighted by molar-refractivity contribution is 5.79. The van der Waals surface area contributed by atoms with Crippen LogP contribution in [0.4, 0.5) is 5.82 Å². The number of anilines is 1. The molecule has 3 fully saturated rings. The number of nitriles is 2. The lowest BCUT2D eigenvalue weighted by Gasteiger charge is -2.42. The Kier molecular flexibility index (Phi) is 4.84. The van der Waals surface area contributed by atoms with Gasteiger partial charge in [-0.25, -0.2) is 4.98 Å². The molecule has 2 atom stereocenters. The number of amides is 1. The number of carbonyl (C=O) groups is 1. The Morgan fingerprint density at radius 1 is 1.10 bits per heavy atom. The summed E-state index contributed by atoms with van der Waals surface area (Å²) in [6, 6.07) is 16.2. The van der Waals surface area contributed by atoms with E-state index < -0.39 is 0 Å². The van der Waals surface area contributed by atoms with Crippen molar-refractivity contribution in [3.8, 4) is 12.1 Å². The predicted molar refractivity (Wildman–Crippen MR) is 115 cm³/mol. The second-order valence-corrected chi connectivity index (χ2v) is 8.74. The molecule has 7 nitrogen and oxygen atoms in total. The number of pyridine rings is 1. The number of hydrogen-bond donors (Lipinski definition) is 1. The zero-order valence-corrected chi connectivity index (χ0v) is 17.3. The van der Waals surface area contributed by atoms with E-state index >= 15 is 0 Å². The van der Waals surface area contributed by atoms with Gasteiger partial charge in [0.25, 0.3) is 0 Å². The third-order valence-corrected chi connectivity index (χ3v) is 6.85. The van der Waals surface area contributed by atoms with Crippen molar-refractivity contribution in [1.29, 1.82) is 10.5 Å². The van der Waals surface area contributed by atoms with Gasteiger partial charge >= 0.3 is 0 Å². The number of nitrogens with zero attached hydrogens (tertiary/aromatic N) is 5. The Hall–Kier alpha value is -3.42. The molecule has 7 heteroatoms. The molecule has 2 aliphatic heterocycles. The van der Waals surface area contributed by atoms with E-state index in [1.165, 1.54) is 0 Å². The largest absolute Gasteiger partial charge is 0.347 e. The SMILES string of the molecule is N#Cc1ccc(N2C3CCC2CN(C(=O)CNC2(c4cccc(C#N)c4)CC2)C3)nc1. The van der Waals surface area contributed by atoms with E-state index in [2.05, 4.69) is 27.3 Å². The molecule has 2 unspecified atom stereocenters. The van der Waals surface area contributed by atoms with E-state index in [0.29, 0.717) is 30.8 Å². The summed E-state index contributed by atoms with van der Waals surface area (Å²) in [4.78, 5) is 21.8. The van der Waals surface area contributed by atoms with E-state index in [0.717, 1.165) is 37.1 Å². The van der Waals surface area contributed by atoms with E-state index in [1.807, 2.05) is 35.2 Å². The van der Waals surface area contributed by atoms with E-state index in [9.17, 15) is 4.79 Å². The summed E-state index contributed by atoms with van der Waals surface area (Å²) in [6.45, 7) is 1.72. The summed E-state index contributed by atoms with van der Waals surface area (Å²) >= 11 is 0. The third-order valence-electron chi connectivity index (χ3n) is 6.85. The van der Waals surface area contributed by atoms with Crippen LogP contribution in [-0.4, -0.2) is 47.5 Å². The molecule has 2 saturated heterocycles. The standard InChI is InChI=1S/C24H24N6O/c25-11-17-2-1-3-19(10-17)24(8-9-24)28-14-23(31)29-15-20-5-6-21(16-29)30(20)22-7-4-18(12-26)13-27-22/h1-4,7,10,13,20-21,28H,5-6,8-9,14-16H2. The molecular formula is C24H24N6O. The molecule has 0 radical (unpaired) electrons. The quantitative estimate of drug-likeness (QED) is 0.809. The van der Waals surface area contributed by atoms with Crippen LogP contribution in [0.3, 0.4) is 0 Å². The average molecular weight is 412 g/mol. The van der Waals surface area contributed by atoms with Crippen LogP contribution in [0.1, 0.15) is 42.4 Å². The van der Waals surface area contributed by atoms with Crippen LogP contribution in [0.5, 0.6) is 0 Å². The number of carbonyl (C=O) groups excluding carboxylic acids is 1. The van der Waals surface area contributed by atoms with Crippen molar-refractivity contribution in [2.24, 2.45) is 0 Å². The first-order valence-electron chi connectivity index (χ1n) is 10.8. The van der Waals surface area contributed by atoms with Gasteiger partial charge in [0, 0.05) is 36.9 Å². The minimum absolute atomic E-state index is 0.132. The van der Waals surface area contributed by atoms with Crippen LogP contribution in [-0.2, 0) is 10.3 Å². The molecule has 31 heavy (non-hydrogen) atoms.